The molecule has 284 valence electrons. The predicted octanol–water partition coefficient (Wildman–Crippen LogP) is 12.4. The molecule has 0 aliphatic heterocycles. The van der Waals surface area contributed by atoms with Crippen LogP contribution < -0.4 is 5.32 Å². The maximum absolute atomic E-state index is 12.3. The summed E-state index contributed by atoms with van der Waals surface area (Å²) in [5, 5.41) is 22.7. The van der Waals surface area contributed by atoms with Crippen molar-refractivity contribution in [1.29, 1.82) is 0 Å². The normalized spacial score (nSPS) is 14.5. The van der Waals surface area contributed by atoms with Crippen LogP contribution in [0.5, 0.6) is 0 Å². The Hall–Kier alpha value is -3.47. The summed E-state index contributed by atoms with van der Waals surface area (Å²) in [6.07, 6.45) is 65.6. The van der Waals surface area contributed by atoms with Gasteiger partial charge >= 0.3 is 0 Å². The first kappa shape index (κ1) is 47.5. The molecule has 0 aliphatic rings. The van der Waals surface area contributed by atoms with Crippen LogP contribution in [0.3, 0.4) is 0 Å². The molecule has 0 aromatic carbocycles. The second-order valence-corrected chi connectivity index (χ2v) is 12.6. The average molecular weight is 700 g/mol. The van der Waals surface area contributed by atoms with E-state index in [1.165, 1.54) is 12.8 Å². The largest absolute Gasteiger partial charge is 0.394 e. The van der Waals surface area contributed by atoms with Gasteiger partial charge in [-0.2, -0.15) is 0 Å². The summed E-state index contributed by atoms with van der Waals surface area (Å²) in [6, 6.07) is -0.664. The molecule has 0 aromatic heterocycles. The van der Waals surface area contributed by atoms with Crippen molar-refractivity contribution in [1.82, 2.24) is 5.32 Å². The minimum atomic E-state index is -0.883. The minimum absolute atomic E-state index is 0.118. The number of aliphatic hydroxyl groups excluding tert-OH is 2. The van der Waals surface area contributed by atoms with Gasteiger partial charge in [-0.1, -0.05) is 167 Å². The number of carbonyl (C=O) groups excluding carboxylic acids is 1. The van der Waals surface area contributed by atoms with Crippen LogP contribution in [0.25, 0.3) is 0 Å². The van der Waals surface area contributed by atoms with Gasteiger partial charge in [0.05, 0.1) is 18.8 Å². The molecule has 0 saturated carbocycles. The average Bonchev–Trinajstić information content (AvgIpc) is 3.13. The summed E-state index contributed by atoms with van der Waals surface area (Å²) in [7, 11) is 0. The molecule has 2 unspecified atom stereocenters. The Morgan fingerprint density at radius 3 is 1.33 bits per heavy atom. The van der Waals surface area contributed by atoms with E-state index >= 15 is 0 Å². The van der Waals surface area contributed by atoms with Crippen molar-refractivity contribution in [2.45, 2.75) is 148 Å². The fourth-order valence-corrected chi connectivity index (χ4v) is 4.82. The van der Waals surface area contributed by atoms with Gasteiger partial charge in [-0.25, -0.2) is 0 Å². The van der Waals surface area contributed by atoms with Gasteiger partial charge in [0.1, 0.15) is 0 Å². The van der Waals surface area contributed by atoms with Crippen molar-refractivity contribution in [2.75, 3.05) is 6.61 Å². The van der Waals surface area contributed by atoms with Gasteiger partial charge in [0.15, 0.2) is 0 Å². The van der Waals surface area contributed by atoms with Gasteiger partial charge in [0, 0.05) is 6.42 Å². The zero-order valence-electron chi connectivity index (χ0n) is 32.3. The van der Waals surface area contributed by atoms with Gasteiger partial charge in [-0.05, 0) is 96.3 Å². The fraction of sp³-hybridized carbons (Fsp3) is 0.511. The molecular formula is C47H73NO3. The highest BCUT2D eigenvalue weighted by molar-refractivity contribution is 5.76. The lowest BCUT2D eigenvalue weighted by Gasteiger charge is -2.19. The summed E-state index contributed by atoms with van der Waals surface area (Å²) >= 11 is 0. The molecule has 2 atom stereocenters. The third kappa shape index (κ3) is 37.6. The highest BCUT2D eigenvalue weighted by Gasteiger charge is 2.17. The summed E-state index contributed by atoms with van der Waals surface area (Å²) in [5.74, 6) is -0.118. The second-order valence-electron chi connectivity index (χ2n) is 12.6. The van der Waals surface area contributed by atoms with Gasteiger partial charge < -0.3 is 15.5 Å². The zero-order chi connectivity index (χ0) is 37.1. The number of amides is 1. The molecule has 0 aliphatic carbocycles. The molecule has 51 heavy (non-hydrogen) atoms. The maximum Gasteiger partial charge on any atom is 0.220 e. The van der Waals surface area contributed by atoms with Crippen LogP contribution in [0.15, 0.2) is 134 Å². The van der Waals surface area contributed by atoms with Gasteiger partial charge in [0.25, 0.3) is 0 Å². The van der Waals surface area contributed by atoms with E-state index in [0.717, 1.165) is 103 Å². The minimum Gasteiger partial charge on any atom is -0.394 e. The SMILES string of the molecule is CC/C=C\C/C=C\C/C=C\C/C=C\C/C=C\C/C=C\C/C=C\C/C=C\C/C=C\CCCCCC(=O)NC(CO)C(O)/C=C/CC/C=C/CCCC. The summed E-state index contributed by atoms with van der Waals surface area (Å²) in [5.41, 5.74) is 0. The Morgan fingerprint density at radius 1 is 0.490 bits per heavy atom. The number of hydrogen-bond donors (Lipinski definition) is 3. The van der Waals surface area contributed by atoms with E-state index in [0.29, 0.717) is 6.42 Å². The Morgan fingerprint density at radius 2 is 0.882 bits per heavy atom. The highest BCUT2D eigenvalue weighted by atomic mass is 16.3. The fourth-order valence-electron chi connectivity index (χ4n) is 4.82. The summed E-state index contributed by atoms with van der Waals surface area (Å²) < 4.78 is 0. The number of unbranched alkanes of at least 4 members (excludes halogenated alkanes) is 6. The second kappa shape index (κ2) is 41.0. The van der Waals surface area contributed by atoms with Crippen LogP contribution >= 0.6 is 0 Å². The van der Waals surface area contributed by atoms with Gasteiger partial charge in [0.2, 0.25) is 5.91 Å². The molecule has 0 spiro atoms. The van der Waals surface area contributed by atoms with Crippen molar-refractivity contribution in [3.05, 3.63) is 134 Å². The molecule has 1 amide bonds. The van der Waals surface area contributed by atoms with Crippen LogP contribution in [0.2, 0.25) is 0 Å². The molecule has 3 N–H and O–H groups in total. The lowest BCUT2D eigenvalue weighted by Crippen LogP contribution is -2.45. The van der Waals surface area contributed by atoms with E-state index in [1.807, 2.05) is 6.08 Å². The topological polar surface area (TPSA) is 69.6 Å². The lowest BCUT2D eigenvalue weighted by atomic mass is 10.1. The van der Waals surface area contributed by atoms with Crippen molar-refractivity contribution < 1.29 is 15.0 Å². The number of rotatable bonds is 33. The molecule has 0 radical (unpaired) electrons. The summed E-state index contributed by atoms with van der Waals surface area (Å²) in [4.78, 5) is 12.3. The molecule has 0 bridgehead atoms. The first-order valence-electron chi connectivity index (χ1n) is 19.9. The van der Waals surface area contributed by atoms with E-state index in [-0.39, 0.29) is 12.5 Å². The molecule has 4 nitrogen and oxygen atoms in total. The summed E-state index contributed by atoms with van der Waals surface area (Å²) in [6.45, 7) is 4.06. The third-order valence-electron chi connectivity index (χ3n) is 7.87. The monoisotopic (exact) mass is 700 g/mol. The maximum atomic E-state index is 12.3. The van der Waals surface area contributed by atoms with Crippen molar-refractivity contribution in [3.8, 4) is 0 Å². The molecule has 0 saturated heterocycles. The predicted molar refractivity (Wildman–Crippen MR) is 225 cm³/mol. The molecule has 0 rings (SSSR count). The standard InChI is InChI=1S/C47H73NO3/c1-3-5-7-9-11-13-14-15-16-17-18-19-20-21-22-23-24-25-26-27-28-29-30-31-32-33-34-35-37-39-41-43-47(51)48-45(44-49)46(50)42-40-38-36-12-10-8-6-4-2/h5,7,10-13,15-16,18-19,21-22,24-25,27-28,30-31,33-34,40,42,45-46,49-50H,3-4,6,8-9,14,17,20,23,26,29,32,35-39,41,43-44H2,1-2H3,(H,48,51)/b7-5-,12-10+,13-11-,16-15-,19-18-,22-21-,25-24-,28-27-,31-30-,34-33-,42-40+. The Balaban J connectivity index is 3.77. The number of carbonyl (C=O) groups is 1. The van der Waals surface area contributed by atoms with Gasteiger partial charge in [-0.15, -0.1) is 0 Å². The van der Waals surface area contributed by atoms with E-state index in [4.69, 9.17) is 0 Å². The van der Waals surface area contributed by atoms with E-state index in [2.05, 4.69) is 141 Å². The smallest absolute Gasteiger partial charge is 0.220 e. The van der Waals surface area contributed by atoms with Crippen molar-refractivity contribution in [3.63, 3.8) is 0 Å². The Kier molecular flexibility index (Phi) is 38.2. The van der Waals surface area contributed by atoms with Crippen LogP contribution in [-0.4, -0.2) is 34.9 Å². The number of hydrogen-bond acceptors (Lipinski definition) is 3. The first-order chi connectivity index (χ1) is 25.2. The van der Waals surface area contributed by atoms with Gasteiger partial charge in [-0.3, -0.25) is 4.79 Å². The van der Waals surface area contributed by atoms with E-state index in [1.54, 1.807) is 6.08 Å². The third-order valence-corrected chi connectivity index (χ3v) is 7.87. The molecule has 0 heterocycles. The first-order valence-corrected chi connectivity index (χ1v) is 19.9. The molecule has 0 fully saturated rings. The highest BCUT2D eigenvalue weighted by Crippen LogP contribution is 2.07. The molecular weight excluding hydrogens is 627 g/mol. The molecule has 4 heteroatoms. The quantitative estimate of drug-likeness (QED) is 0.0472. The Bertz CT molecular complexity index is 1110. The Labute approximate surface area is 313 Å². The van der Waals surface area contributed by atoms with Crippen molar-refractivity contribution >= 4 is 5.91 Å². The number of allylic oxidation sites excluding steroid dienone is 21. The molecule has 0 aromatic rings. The number of aliphatic hydroxyl groups is 2. The van der Waals surface area contributed by atoms with Crippen LogP contribution in [0.1, 0.15) is 136 Å². The van der Waals surface area contributed by atoms with E-state index in [9.17, 15) is 15.0 Å². The number of nitrogens with one attached hydrogen (secondary N) is 1. The lowest BCUT2D eigenvalue weighted by molar-refractivity contribution is -0.123. The van der Waals surface area contributed by atoms with Crippen LogP contribution in [-0.2, 0) is 4.79 Å². The van der Waals surface area contributed by atoms with Crippen molar-refractivity contribution in [2.24, 2.45) is 0 Å². The zero-order valence-corrected chi connectivity index (χ0v) is 32.3. The van der Waals surface area contributed by atoms with Crippen LogP contribution in [0, 0.1) is 0 Å². The van der Waals surface area contributed by atoms with E-state index < -0.39 is 12.1 Å². The van der Waals surface area contributed by atoms with Crippen LogP contribution in [0.4, 0.5) is 0 Å².